The van der Waals surface area contributed by atoms with Crippen molar-refractivity contribution in [1.29, 1.82) is 0 Å². The maximum Gasteiger partial charge on any atom is 0.278 e. The van der Waals surface area contributed by atoms with Crippen molar-refractivity contribution in [2.45, 2.75) is 25.5 Å². The number of halogens is 1. The number of amides is 1. The second kappa shape index (κ2) is 6.98. The Morgan fingerprint density at radius 1 is 1.28 bits per heavy atom. The third-order valence-corrected chi connectivity index (χ3v) is 4.99. The van der Waals surface area contributed by atoms with Crippen LogP contribution < -0.4 is 4.74 Å². The minimum Gasteiger partial charge on any atom is -0.497 e. The molecule has 25 heavy (non-hydrogen) atoms. The first kappa shape index (κ1) is 17.6. The molecule has 130 valence electrons. The van der Waals surface area contributed by atoms with Crippen LogP contribution in [0, 0.1) is 0 Å². The SMILES string of the molecule is CCC1=NN(C(=O)c2ccccc2Br)[C@](O)(c2ccc(OC)cc2)C1. The number of hydrogen-bond donors (Lipinski definition) is 1. The molecular weight excluding hydrogens is 384 g/mol. The monoisotopic (exact) mass is 402 g/mol. The van der Waals surface area contributed by atoms with Gasteiger partial charge in [-0.1, -0.05) is 31.2 Å². The largest absolute Gasteiger partial charge is 0.497 e. The minimum absolute atomic E-state index is 0.284. The molecule has 2 aromatic carbocycles. The van der Waals surface area contributed by atoms with Crippen LogP contribution in [-0.2, 0) is 5.72 Å². The summed E-state index contributed by atoms with van der Waals surface area (Å²) in [5.74, 6) is 0.333. The molecule has 1 aliphatic heterocycles. The van der Waals surface area contributed by atoms with E-state index in [9.17, 15) is 9.90 Å². The van der Waals surface area contributed by atoms with Crippen LogP contribution in [-0.4, -0.2) is 28.8 Å². The third kappa shape index (κ3) is 3.19. The van der Waals surface area contributed by atoms with Gasteiger partial charge in [-0.15, -0.1) is 0 Å². The first-order chi connectivity index (χ1) is 12.0. The molecule has 0 aliphatic carbocycles. The fourth-order valence-electron chi connectivity index (χ4n) is 2.86. The van der Waals surface area contributed by atoms with E-state index in [0.29, 0.717) is 27.8 Å². The third-order valence-electron chi connectivity index (χ3n) is 4.30. The van der Waals surface area contributed by atoms with E-state index >= 15 is 0 Å². The van der Waals surface area contributed by atoms with Crippen LogP contribution in [0.1, 0.15) is 35.7 Å². The van der Waals surface area contributed by atoms with Crippen molar-refractivity contribution in [2.75, 3.05) is 7.11 Å². The van der Waals surface area contributed by atoms with Gasteiger partial charge in [0.25, 0.3) is 5.91 Å². The molecule has 0 saturated heterocycles. The highest BCUT2D eigenvalue weighted by Crippen LogP contribution is 2.38. The Morgan fingerprint density at radius 3 is 2.56 bits per heavy atom. The number of benzene rings is 2. The lowest BCUT2D eigenvalue weighted by Gasteiger charge is -2.31. The fourth-order valence-corrected chi connectivity index (χ4v) is 3.31. The summed E-state index contributed by atoms with van der Waals surface area (Å²) in [6.07, 6.45) is 0.949. The first-order valence-corrected chi connectivity index (χ1v) is 8.81. The molecule has 1 atom stereocenters. The Hall–Kier alpha value is -2.18. The van der Waals surface area contributed by atoms with Gasteiger partial charge >= 0.3 is 0 Å². The quantitative estimate of drug-likeness (QED) is 0.842. The molecule has 5 nitrogen and oxygen atoms in total. The van der Waals surface area contributed by atoms with E-state index in [1.807, 2.05) is 13.0 Å². The summed E-state index contributed by atoms with van der Waals surface area (Å²) in [6.45, 7) is 1.96. The molecule has 6 heteroatoms. The van der Waals surface area contributed by atoms with Gasteiger partial charge in [0.2, 0.25) is 0 Å². The second-order valence-corrected chi connectivity index (χ2v) is 6.69. The van der Waals surface area contributed by atoms with Gasteiger partial charge in [0.15, 0.2) is 5.72 Å². The lowest BCUT2D eigenvalue weighted by Crippen LogP contribution is -2.43. The fraction of sp³-hybridized carbons (Fsp3) is 0.263. The van der Waals surface area contributed by atoms with Crippen LogP contribution in [0.2, 0.25) is 0 Å². The van der Waals surface area contributed by atoms with Crippen LogP contribution in [0.5, 0.6) is 5.75 Å². The number of hydrazone groups is 1. The number of rotatable bonds is 4. The molecule has 1 aliphatic rings. The van der Waals surface area contributed by atoms with Crippen LogP contribution in [0.25, 0.3) is 0 Å². The van der Waals surface area contributed by atoms with Crippen molar-refractivity contribution in [3.63, 3.8) is 0 Å². The normalized spacial score (nSPS) is 19.7. The number of carbonyl (C=O) groups is 1. The van der Waals surface area contributed by atoms with Gasteiger partial charge in [-0.05, 0) is 46.6 Å². The average Bonchev–Trinajstić information content (AvgIpc) is 3.00. The van der Waals surface area contributed by atoms with E-state index in [4.69, 9.17) is 4.74 Å². The van der Waals surface area contributed by atoms with Gasteiger partial charge in [0.05, 0.1) is 12.7 Å². The lowest BCUT2D eigenvalue weighted by atomic mass is 9.96. The van der Waals surface area contributed by atoms with Crippen molar-refractivity contribution in [1.82, 2.24) is 5.01 Å². The van der Waals surface area contributed by atoms with E-state index in [1.54, 1.807) is 49.6 Å². The minimum atomic E-state index is -1.51. The Bertz CT molecular complexity index is 820. The first-order valence-electron chi connectivity index (χ1n) is 8.02. The van der Waals surface area contributed by atoms with Crippen molar-refractivity contribution in [3.8, 4) is 5.75 Å². The van der Waals surface area contributed by atoms with Gasteiger partial charge in [-0.25, -0.2) is 0 Å². The Balaban J connectivity index is 2.03. The molecular formula is C19H19BrN2O3. The van der Waals surface area contributed by atoms with Gasteiger partial charge in [-0.2, -0.15) is 10.1 Å². The van der Waals surface area contributed by atoms with Crippen LogP contribution in [0.15, 0.2) is 58.1 Å². The van der Waals surface area contributed by atoms with Crippen molar-refractivity contribution < 1.29 is 14.6 Å². The van der Waals surface area contributed by atoms with Crippen LogP contribution in [0.3, 0.4) is 0 Å². The van der Waals surface area contributed by atoms with E-state index in [-0.39, 0.29) is 12.3 Å². The zero-order chi connectivity index (χ0) is 18.0. The second-order valence-electron chi connectivity index (χ2n) is 5.84. The summed E-state index contributed by atoms with van der Waals surface area (Å²) in [4.78, 5) is 13.0. The maximum atomic E-state index is 13.0. The van der Waals surface area contributed by atoms with Gasteiger partial charge < -0.3 is 9.84 Å². The van der Waals surface area contributed by atoms with E-state index in [1.165, 1.54) is 5.01 Å². The predicted octanol–water partition coefficient (Wildman–Crippen LogP) is 3.91. The molecule has 0 spiro atoms. The molecule has 0 saturated carbocycles. The van der Waals surface area contributed by atoms with Crippen molar-refractivity contribution in [3.05, 3.63) is 64.1 Å². The number of aliphatic hydroxyl groups is 1. The number of ether oxygens (including phenoxy) is 1. The molecule has 2 aromatic rings. The van der Waals surface area contributed by atoms with Gasteiger partial charge in [0, 0.05) is 22.2 Å². The zero-order valence-electron chi connectivity index (χ0n) is 14.1. The van der Waals surface area contributed by atoms with Crippen molar-refractivity contribution in [2.24, 2.45) is 5.10 Å². The highest BCUT2D eigenvalue weighted by Gasteiger charge is 2.46. The number of methoxy groups -OCH3 is 1. The summed E-state index contributed by atoms with van der Waals surface area (Å²) in [6, 6.07) is 14.2. The van der Waals surface area contributed by atoms with E-state index in [2.05, 4.69) is 21.0 Å². The molecule has 3 rings (SSSR count). The summed E-state index contributed by atoms with van der Waals surface area (Å²) in [7, 11) is 1.58. The topological polar surface area (TPSA) is 62.1 Å². The highest BCUT2D eigenvalue weighted by atomic mass is 79.9. The molecule has 0 radical (unpaired) electrons. The van der Waals surface area contributed by atoms with E-state index < -0.39 is 5.72 Å². The van der Waals surface area contributed by atoms with Gasteiger partial charge in [-0.3, -0.25) is 4.79 Å². The molecule has 1 heterocycles. The molecule has 0 bridgehead atoms. The molecule has 1 amide bonds. The predicted molar refractivity (Wildman–Crippen MR) is 99.5 cm³/mol. The highest BCUT2D eigenvalue weighted by molar-refractivity contribution is 9.10. The summed E-state index contributed by atoms with van der Waals surface area (Å²) >= 11 is 3.39. The summed E-state index contributed by atoms with van der Waals surface area (Å²) < 4.78 is 5.83. The van der Waals surface area contributed by atoms with Crippen molar-refractivity contribution >= 4 is 27.5 Å². The number of nitrogens with zero attached hydrogens (tertiary/aromatic N) is 2. The maximum absolute atomic E-state index is 13.0. The number of hydrogen-bond acceptors (Lipinski definition) is 4. The molecule has 1 N–H and O–H groups in total. The Kier molecular flexibility index (Phi) is 4.92. The zero-order valence-corrected chi connectivity index (χ0v) is 15.7. The molecule has 0 fully saturated rings. The summed E-state index contributed by atoms with van der Waals surface area (Å²) in [5.41, 5.74) is 0.319. The molecule has 0 aromatic heterocycles. The summed E-state index contributed by atoms with van der Waals surface area (Å²) in [5, 5.41) is 16.9. The number of carbonyl (C=O) groups excluding carboxylic acids is 1. The Morgan fingerprint density at radius 2 is 1.96 bits per heavy atom. The standard InChI is InChI=1S/C19H19BrN2O3/c1-3-14-12-19(24,13-8-10-15(25-2)11-9-13)22(21-14)18(23)16-6-4-5-7-17(16)20/h4-11,24H,3,12H2,1-2H3/t19-/m1/s1. The van der Waals surface area contributed by atoms with E-state index in [0.717, 1.165) is 5.71 Å². The Labute approximate surface area is 155 Å². The van der Waals surface area contributed by atoms with Crippen LogP contribution >= 0.6 is 15.9 Å². The van der Waals surface area contributed by atoms with Gasteiger partial charge in [0.1, 0.15) is 5.75 Å². The van der Waals surface area contributed by atoms with Crippen LogP contribution in [0.4, 0.5) is 0 Å². The molecule has 0 unspecified atom stereocenters. The smallest absolute Gasteiger partial charge is 0.278 e. The average molecular weight is 403 g/mol. The lowest BCUT2D eigenvalue weighted by molar-refractivity contribution is -0.0766.